The molecular formula is C26H38O3. The molecule has 1 fully saturated rings. The minimum Gasteiger partial charge on any atom is -0.489 e. The molecule has 160 valence electrons. The standard InChI is InChI=1S/C26H38O3/c1-17(2)8-10-20-21(28-15-13-18(3)4)11-9-19-16-22-25(5,6)23(27)12-14-26(22,7)29-24(19)20/h8-9,11,13,22-23,27H,10,12,14-16H2,1-7H3/t22-,23-,26-/m1/s1. The largest absolute Gasteiger partial charge is 0.489 e. The molecule has 1 aliphatic heterocycles. The van der Waals surface area contributed by atoms with Crippen LogP contribution in [0.3, 0.4) is 0 Å². The summed E-state index contributed by atoms with van der Waals surface area (Å²) in [5, 5.41) is 10.6. The first-order valence-corrected chi connectivity index (χ1v) is 11.0. The van der Waals surface area contributed by atoms with Gasteiger partial charge in [0.25, 0.3) is 0 Å². The SMILES string of the molecule is CC(C)=CCOc1ccc2c(c1CC=C(C)C)O[C@]1(C)CC[C@@H](O)C(C)(C)[C@H]1C2. The van der Waals surface area contributed by atoms with Crippen LogP contribution in [0.4, 0.5) is 0 Å². The molecule has 2 aliphatic rings. The molecule has 0 saturated heterocycles. The van der Waals surface area contributed by atoms with E-state index in [4.69, 9.17) is 9.47 Å². The number of allylic oxidation sites excluding steroid dienone is 3. The number of hydrogen-bond acceptors (Lipinski definition) is 3. The Morgan fingerprint density at radius 3 is 2.48 bits per heavy atom. The summed E-state index contributed by atoms with van der Waals surface area (Å²) in [7, 11) is 0. The van der Waals surface area contributed by atoms with Gasteiger partial charge in [-0.2, -0.15) is 0 Å². The van der Waals surface area contributed by atoms with Crippen LogP contribution in [0.2, 0.25) is 0 Å². The molecule has 1 aromatic carbocycles. The first-order chi connectivity index (χ1) is 13.5. The second-order valence-corrected chi connectivity index (χ2v) is 10.2. The second kappa shape index (κ2) is 8.18. The Balaban J connectivity index is 2.02. The third-order valence-electron chi connectivity index (χ3n) is 6.91. The van der Waals surface area contributed by atoms with Gasteiger partial charge in [0.15, 0.2) is 0 Å². The summed E-state index contributed by atoms with van der Waals surface area (Å²) >= 11 is 0. The average molecular weight is 399 g/mol. The second-order valence-electron chi connectivity index (χ2n) is 10.2. The Morgan fingerprint density at radius 1 is 1.14 bits per heavy atom. The molecule has 1 aromatic rings. The van der Waals surface area contributed by atoms with Crippen molar-refractivity contribution in [1.82, 2.24) is 0 Å². The fourth-order valence-corrected chi connectivity index (χ4v) is 4.92. The molecule has 3 heteroatoms. The third-order valence-corrected chi connectivity index (χ3v) is 6.91. The highest BCUT2D eigenvalue weighted by molar-refractivity contribution is 5.53. The molecule has 0 spiro atoms. The van der Waals surface area contributed by atoms with Gasteiger partial charge >= 0.3 is 0 Å². The number of ether oxygens (including phenoxy) is 2. The fourth-order valence-electron chi connectivity index (χ4n) is 4.92. The maximum Gasteiger partial charge on any atom is 0.130 e. The van der Waals surface area contributed by atoms with E-state index in [0.29, 0.717) is 12.5 Å². The van der Waals surface area contributed by atoms with Gasteiger partial charge in [0.2, 0.25) is 0 Å². The quantitative estimate of drug-likeness (QED) is 0.615. The maximum absolute atomic E-state index is 10.6. The van der Waals surface area contributed by atoms with Crippen LogP contribution >= 0.6 is 0 Å². The van der Waals surface area contributed by atoms with Crippen molar-refractivity contribution in [2.24, 2.45) is 11.3 Å². The average Bonchev–Trinajstić information content (AvgIpc) is 2.63. The first-order valence-electron chi connectivity index (χ1n) is 11.0. The monoisotopic (exact) mass is 398 g/mol. The predicted octanol–water partition coefficient (Wildman–Crippen LogP) is 6.03. The number of aliphatic hydroxyl groups is 1. The van der Waals surface area contributed by atoms with Crippen LogP contribution in [0.1, 0.15) is 72.4 Å². The van der Waals surface area contributed by atoms with E-state index >= 15 is 0 Å². The van der Waals surface area contributed by atoms with E-state index in [1.807, 2.05) is 0 Å². The number of hydrogen-bond donors (Lipinski definition) is 1. The summed E-state index contributed by atoms with van der Waals surface area (Å²) in [4.78, 5) is 0. The lowest BCUT2D eigenvalue weighted by atomic mass is 9.57. The zero-order chi connectivity index (χ0) is 21.4. The van der Waals surface area contributed by atoms with E-state index in [-0.39, 0.29) is 17.1 Å². The van der Waals surface area contributed by atoms with Crippen molar-refractivity contribution in [2.75, 3.05) is 6.61 Å². The van der Waals surface area contributed by atoms with Crippen molar-refractivity contribution in [3.8, 4) is 11.5 Å². The Labute approximate surface area is 176 Å². The first kappa shape index (κ1) is 22.0. The Hall–Kier alpha value is -1.74. The van der Waals surface area contributed by atoms with E-state index in [2.05, 4.69) is 72.8 Å². The van der Waals surface area contributed by atoms with Crippen molar-refractivity contribution in [2.45, 2.75) is 85.9 Å². The van der Waals surface area contributed by atoms with Crippen molar-refractivity contribution >= 4 is 0 Å². The molecule has 1 saturated carbocycles. The zero-order valence-electron chi connectivity index (χ0n) is 19.3. The van der Waals surface area contributed by atoms with E-state index in [1.165, 1.54) is 16.7 Å². The van der Waals surface area contributed by atoms with E-state index in [9.17, 15) is 5.11 Å². The van der Waals surface area contributed by atoms with Crippen LogP contribution in [0, 0.1) is 11.3 Å². The van der Waals surface area contributed by atoms with Crippen LogP contribution in [0.15, 0.2) is 35.4 Å². The van der Waals surface area contributed by atoms with Crippen LogP contribution in [0.25, 0.3) is 0 Å². The molecule has 0 radical (unpaired) electrons. The molecule has 29 heavy (non-hydrogen) atoms. The lowest BCUT2D eigenvalue weighted by Gasteiger charge is -2.55. The fraction of sp³-hybridized carbons (Fsp3) is 0.615. The summed E-state index contributed by atoms with van der Waals surface area (Å²) in [5.41, 5.74) is 4.51. The molecule has 0 amide bonds. The maximum atomic E-state index is 10.6. The normalized spacial score (nSPS) is 27.2. The number of fused-ring (bicyclic) bond motifs is 2. The minimum atomic E-state index is -0.275. The van der Waals surface area contributed by atoms with Crippen molar-refractivity contribution < 1.29 is 14.6 Å². The van der Waals surface area contributed by atoms with Gasteiger partial charge in [-0.15, -0.1) is 0 Å². The topological polar surface area (TPSA) is 38.7 Å². The molecule has 1 aliphatic carbocycles. The summed E-state index contributed by atoms with van der Waals surface area (Å²) in [6.45, 7) is 15.6. The van der Waals surface area contributed by atoms with E-state index < -0.39 is 0 Å². The van der Waals surface area contributed by atoms with Crippen LogP contribution < -0.4 is 9.47 Å². The van der Waals surface area contributed by atoms with Crippen molar-refractivity contribution in [1.29, 1.82) is 0 Å². The predicted molar refractivity (Wildman–Crippen MR) is 120 cm³/mol. The lowest BCUT2D eigenvalue weighted by molar-refractivity contribution is -0.138. The van der Waals surface area contributed by atoms with Gasteiger partial charge in [0.1, 0.15) is 23.7 Å². The molecule has 0 unspecified atom stereocenters. The smallest absolute Gasteiger partial charge is 0.130 e. The van der Waals surface area contributed by atoms with E-state index in [1.54, 1.807) is 0 Å². The van der Waals surface area contributed by atoms with E-state index in [0.717, 1.165) is 42.7 Å². The van der Waals surface area contributed by atoms with Crippen molar-refractivity contribution in [3.63, 3.8) is 0 Å². The van der Waals surface area contributed by atoms with Gasteiger partial charge in [-0.1, -0.05) is 37.1 Å². The van der Waals surface area contributed by atoms with Crippen LogP contribution in [-0.2, 0) is 12.8 Å². The highest BCUT2D eigenvalue weighted by atomic mass is 16.5. The number of aliphatic hydroxyl groups excluding tert-OH is 1. The van der Waals surface area contributed by atoms with Gasteiger partial charge in [-0.05, 0) is 83.4 Å². The highest BCUT2D eigenvalue weighted by Gasteiger charge is 2.54. The molecule has 3 nitrogen and oxygen atoms in total. The van der Waals surface area contributed by atoms with Gasteiger partial charge in [0, 0.05) is 11.5 Å². The van der Waals surface area contributed by atoms with Gasteiger partial charge in [0.05, 0.1) is 6.10 Å². The van der Waals surface area contributed by atoms with Crippen LogP contribution in [0.5, 0.6) is 11.5 Å². The molecule has 3 rings (SSSR count). The van der Waals surface area contributed by atoms with Gasteiger partial charge in [-0.3, -0.25) is 0 Å². The molecule has 0 bridgehead atoms. The molecule has 1 heterocycles. The molecule has 0 aromatic heterocycles. The summed E-state index contributed by atoms with van der Waals surface area (Å²) in [6.07, 6.45) is 7.49. The van der Waals surface area contributed by atoms with Gasteiger partial charge in [-0.25, -0.2) is 0 Å². The number of benzene rings is 1. The highest BCUT2D eigenvalue weighted by Crippen LogP contribution is 2.54. The Bertz CT molecular complexity index is 809. The lowest BCUT2D eigenvalue weighted by Crippen LogP contribution is -2.58. The summed E-state index contributed by atoms with van der Waals surface area (Å²) < 4.78 is 13.0. The molecular weight excluding hydrogens is 360 g/mol. The molecule has 1 N–H and O–H groups in total. The Morgan fingerprint density at radius 2 is 1.83 bits per heavy atom. The Kier molecular flexibility index (Phi) is 6.19. The zero-order valence-corrected chi connectivity index (χ0v) is 19.3. The third kappa shape index (κ3) is 4.40. The number of rotatable bonds is 5. The van der Waals surface area contributed by atoms with Gasteiger partial charge < -0.3 is 14.6 Å². The summed E-state index contributed by atoms with van der Waals surface area (Å²) in [6, 6.07) is 4.26. The minimum absolute atomic E-state index is 0.163. The molecule has 3 atom stereocenters. The summed E-state index contributed by atoms with van der Waals surface area (Å²) in [5.74, 6) is 2.21. The van der Waals surface area contributed by atoms with Crippen LogP contribution in [-0.4, -0.2) is 23.4 Å². The van der Waals surface area contributed by atoms with Crippen molar-refractivity contribution in [3.05, 3.63) is 46.6 Å².